The molecule has 0 amide bonds. The van der Waals surface area contributed by atoms with Crippen LogP contribution in [0.2, 0.25) is 0 Å². The number of nitrogens with zero attached hydrogens (tertiary/aromatic N) is 7. The molecule has 4 heterocycles. The van der Waals surface area contributed by atoms with Crippen LogP contribution in [0.15, 0.2) is 39.8 Å². The van der Waals surface area contributed by atoms with Gasteiger partial charge in [0.25, 0.3) is 5.78 Å². The molecule has 1 saturated heterocycles. The van der Waals surface area contributed by atoms with Crippen molar-refractivity contribution in [3.8, 4) is 11.6 Å². The Balaban J connectivity index is 1.17. The number of hydrogen-bond acceptors (Lipinski definition) is 10. The number of aromatic nitrogens is 5. The van der Waals surface area contributed by atoms with Gasteiger partial charge in [-0.2, -0.15) is 19.5 Å². The van der Waals surface area contributed by atoms with E-state index in [4.69, 9.17) is 10.2 Å². The largest absolute Gasteiger partial charge is 0.612 e. The molecule has 5 rings (SSSR count). The number of hydrogen-bond donors (Lipinski definition) is 2. The molecule has 0 radical (unpaired) electrons. The Labute approximate surface area is 202 Å². The fourth-order valence-electron chi connectivity index (χ4n) is 3.91. The van der Waals surface area contributed by atoms with E-state index in [9.17, 15) is 13.3 Å². The summed E-state index contributed by atoms with van der Waals surface area (Å²) in [5.74, 6) is 0.199. The molecule has 4 aromatic rings. The topological polar surface area (TPSA) is 137 Å². The van der Waals surface area contributed by atoms with Gasteiger partial charge in [0, 0.05) is 51.4 Å². The summed E-state index contributed by atoms with van der Waals surface area (Å²) in [6.07, 6.45) is 2.91. The van der Waals surface area contributed by atoms with E-state index in [2.05, 4.69) is 30.3 Å². The second-order valence-corrected chi connectivity index (χ2v) is 9.32. The van der Waals surface area contributed by atoms with Gasteiger partial charge in [0.15, 0.2) is 16.5 Å². The molecule has 1 aromatic carbocycles. The van der Waals surface area contributed by atoms with Crippen LogP contribution in [0.25, 0.3) is 17.4 Å². The van der Waals surface area contributed by atoms with Crippen LogP contribution in [-0.4, -0.2) is 79.5 Å². The Kier molecular flexibility index (Phi) is 6.40. The van der Waals surface area contributed by atoms with E-state index < -0.39 is 22.8 Å². The van der Waals surface area contributed by atoms with Crippen molar-refractivity contribution in [2.24, 2.45) is 0 Å². The van der Waals surface area contributed by atoms with Gasteiger partial charge < -0.3 is 24.9 Å². The maximum atomic E-state index is 14.3. The summed E-state index contributed by atoms with van der Waals surface area (Å²) >= 11 is -1.53. The summed E-state index contributed by atoms with van der Waals surface area (Å²) in [5, 5.41) is 7.41. The van der Waals surface area contributed by atoms with Gasteiger partial charge in [0.2, 0.25) is 17.7 Å². The third kappa shape index (κ3) is 4.85. The van der Waals surface area contributed by atoms with Gasteiger partial charge in [0.05, 0.1) is 12.0 Å². The number of anilines is 3. The third-order valence-electron chi connectivity index (χ3n) is 5.71. The summed E-state index contributed by atoms with van der Waals surface area (Å²) in [5.41, 5.74) is 6.28. The van der Waals surface area contributed by atoms with E-state index in [1.807, 2.05) is 4.90 Å². The molecule has 1 atom stereocenters. The second-order valence-electron chi connectivity index (χ2n) is 7.97. The van der Waals surface area contributed by atoms with Gasteiger partial charge in [-0.15, -0.1) is 5.10 Å². The first-order valence-electron chi connectivity index (χ1n) is 10.9. The molecule has 3 aromatic heterocycles. The summed E-state index contributed by atoms with van der Waals surface area (Å²) in [6, 6.07) is 5.63. The molecule has 0 saturated carbocycles. The third-order valence-corrected chi connectivity index (χ3v) is 6.64. The zero-order chi connectivity index (χ0) is 24.5. The highest BCUT2D eigenvalue weighted by Crippen LogP contribution is 2.27. The van der Waals surface area contributed by atoms with Gasteiger partial charge in [-0.05, 0) is 23.3 Å². The molecule has 0 spiro atoms. The average molecular weight is 504 g/mol. The van der Waals surface area contributed by atoms with Gasteiger partial charge in [-0.1, -0.05) is 0 Å². The molecule has 14 heteroatoms. The lowest BCUT2D eigenvalue weighted by atomic mass is 10.2. The number of nitrogen functional groups attached to an aromatic ring is 1. The van der Waals surface area contributed by atoms with Gasteiger partial charge in [-0.25, -0.2) is 8.78 Å². The first kappa shape index (κ1) is 23.3. The number of fused-ring (bicyclic) bond motifs is 1. The van der Waals surface area contributed by atoms with Crippen molar-refractivity contribution in [1.29, 1.82) is 0 Å². The van der Waals surface area contributed by atoms with E-state index in [1.54, 1.807) is 12.1 Å². The van der Waals surface area contributed by atoms with E-state index in [1.165, 1.54) is 23.1 Å². The lowest BCUT2D eigenvalue weighted by Gasteiger charge is -2.36. The molecule has 0 bridgehead atoms. The molecule has 3 N–H and O–H groups in total. The number of rotatable bonds is 7. The maximum Gasteiger partial charge on any atom is 0.259 e. The van der Waals surface area contributed by atoms with Crippen LogP contribution in [0.3, 0.4) is 0 Å². The van der Waals surface area contributed by atoms with Crippen molar-refractivity contribution in [3.05, 3.63) is 42.2 Å². The fraction of sp³-hybridized carbons (Fsp3) is 0.333. The summed E-state index contributed by atoms with van der Waals surface area (Å²) in [6.45, 7) is 3.73. The Morgan fingerprint density at radius 1 is 1.14 bits per heavy atom. The molecule has 1 aliphatic heterocycles. The Hall–Kier alpha value is -3.49. The Morgan fingerprint density at radius 2 is 1.94 bits per heavy atom. The minimum atomic E-state index is -1.53. The molecule has 0 aliphatic carbocycles. The molecule has 0 unspecified atom stereocenters. The lowest BCUT2D eigenvalue weighted by Crippen LogP contribution is -2.48. The molecule has 184 valence electrons. The number of nitrogens with two attached hydrogens (primary N) is 1. The monoisotopic (exact) mass is 503 g/mol. The molecule has 1 aliphatic rings. The maximum absolute atomic E-state index is 14.3. The molecule has 35 heavy (non-hydrogen) atoms. The van der Waals surface area contributed by atoms with Crippen LogP contribution in [0.5, 0.6) is 0 Å². The molecular formula is C21H23F2N9O2S. The average Bonchev–Trinajstić information content (AvgIpc) is 3.50. The van der Waals surface area contributed by atoms with E-state index in [-0.39, 0.29) is 16.5 Å². The van der Waals surface area contributed by atoms with Crippen LogP contribution < -0.4 is 16.0 Å². The Morgan fingerprint density at radius 3 is 2.66 bits per heavy atom. The number of furan rings is 1. The van der Waals surface area contributed by atoms with Crippen LogP contribution >= 0.6 is 0 Å². The van der Waals surface area contributed by atoms with Crippen molar-refractivity contribution < 1.29 is 17.8 Å². The smallest absolute Gasteiger partial charge is 0.259 e. The predicted octanol–water partition coefficient (Wildman–Crippen LogP) is 1.61. The number of piperazine rings is 1. The SMILES string of the molecule is C[S@+]([O-])c1cc(N2CCN(CCNc3nc(N)n4nc(-c5ccco5)nc4n3)CC2)c(F)cc1F. The quantitative estimate of drug-likeness (QED) is 0.358. The highest BCUT2D eigenvalue weighted by molar-refractivity contribution is 7.90. The van der Waals surface area contributed by atoms with Crippen molar-refractivity contribution in [2.45, 2.75) is 4.90 Å². The normalized spacial score (nSPS) is 15.6. The van der Waals surface area contributed by atoms with E-state index in [0.717, 1.165) is 6.07 Å². The molecular weight excluding hydrogens is 480 g/mol. The number of benzene rings is 1. The fourth-order valence-corrected chi connectivity index (χ4v) is 4.53. The summed E-state index contributed by atoms with van der Waals surface area (Å²) in [4.78, 5) is 17.0. The van der Waals surface area contributed by atoms with Crippen molar-refractivity contribution in [3.63, 3.8) is 0 Å². The minimum Gasteiger partial charge on any atom is -0.612 e. The predicted molar refractivity (Wildman–Crippen MR) is 127 cm³/mol. The van der Waals surface area contributed by atoms with Crippen molar-refractivity contribution >= 4 is 34.5 Å². The first-order valence-corrected chi connectivity index (χ1v) is 12.4. The van der Waals surface area contributed by atoms with Crippen LogP contribution in [0.4, 0.5) is 26.4 Å². The standard InChI is InChI=1S/C21H23F2N9O2S/c1-35(33)17-12-15(13(22)11-14(17)23)31-8-6-30(7-9-31)5-4-25-20-27-19(24)32-21(28-20)26-18(29-32)16-3-2-10-34-16/h2-3,10-12H,4-9H2,1H3,(H3,24,25,26,27,28,29)/t35-/m0/s1. The highest BCUT2D eigenvalue weighted by atomic mass is 32.2. The van der Waals surface area contributed by atoms with Crippen LogP contribution in [-0.2, 0) is 11.2 Å². The lowest BCUT2D eigenvalue weighted by molar-refractivity contribution is 0.266. The molecule has 1 fully saturated rings. The van der Waals surface area contributed by atoms with E-state index >= 15 is 0 Å². The summed E-state index contributed by atoms with van der Waals surface area (Å²) < 4.78 is 46.6. The minimum absolute atomic E-state index is 0.00762. The van der Waals surface area contributed by atoms with Gasteiger partial charge in [-0.3, -0.25) is 4.90 Å². The second kappa shape index (κ2) is 9.64. The highest BCUT2D eigenvalue weighted by Gasteiger charge is 2.24. The van der Waals surface area contributed by atoms with Crippen molar-refractivity contribution in [1.82, 2.24) is 29.5 Å². The van der Waals surface area contributed by atoms with Gasteiger partial charge >= 0.3 is 0 Å². The summed E-state index contributed by atoms with van der Waals surface area (Å²) in [7, 11) is 0. The zero-order valence-electron chi connectivity index (χ0n) is 18.8. The van der Waals surface area contributed by atoms with Crippen molar-refractivity contribution in [2.75, 3.05) is 61.5 Å². The Bertz CT molecular complexity index is 1320. The van der Waals surface area contributed by atoms with Crippen LogP contribution in [0, 0.1) is 11.6 Å². The number of halogens is 2. The first-order chi connectivity index (χ1) is 16.9. The van der Waals surface area contributed by atoms with Gasteiger partial charge in [0.1, 0.15) is 12.1 Å². The molecule has 11 nitrogen and oxygen atoms in total. The van der Waals surface area contributed by atoms with Crippen LogP contribution in [0.1, 0.15) is 0 Å². The zero-order valence-corrected chi connectivity index (χ0v) is 19.6. The van der Waals surface area contributed by atoms with E-state index in [0.29, 0.717) is 62.6 Å². The number of nitrogens with one attached hydrogen (secondary N) is 1.